The summed E-state index contributed by atoms with van der Waals surface area (Å²) in [7, 11) is 0. The topological polar surface area (TPSA) is 12.0 Å². The molecule has 0 radical (unpaired) electrons. The number of rotatable bonds is 4. The van der Waals surface area contributed by atoms with E-state index in [1.807, 2.05) is 18.2 Å². The van der Waals surface area contributed by atoms with Crippen LogP contribution in [0.3, 0.4) is 0 Å². The normalized spacial score (nSPS) is 13.2. The molecule has 0 aromatic heterocycles. The maximum atomic E-state index is 6.23. The van der Waals surface area contributed by atoms with Gasteiger partial charge in [0.15, 0.2) is 0 Å². The molecule has 0 amide bonds. The SMILES string of the molecule is CC(NCc1ccc(C(C)(C)C)cc1)c1ccccc1Cl. The largest absolute Gasteiger partial charge is 0.306 e. The summed E-state index contributed by atoms with van der Waals surface area (Å²) in [6.45, 7) is 9.70. The second-order valence-corrected chi connectivity index (χ2v) is 6.98. The van der Waals surface area contributed by atoms with Crippen LogP contribution in [0.15, 0.2) is 48.5 Å². The average molecular weight is 302 g/mol. The van der Waals surface area contributed by atoms with Gasteiger partial charge in [-0.3, -0.25) is 0 Å². The van der Waals surface area contributed by atoms with Crippen LogP contribution in [0.4, 0.5) is 0 Å². The Balaban J connectivity index is 1.99. The van der Waals surface area contributed by atoms with Crippen LogP contribution in [-0.2, 0) is 12.0 Å². The van der Waals surface area contributed by atoms with Crippen molar-refractivity contribution in [3.63, 3.8) is 0 Å². The third-order valence-corrected chi connectivity index (χ3v) is 4.15. The molecule has 0 saturated heterocycles. The maximum Gasteiger partial charge on any atom is 0.0453 e. The van der Waals surface area contributed by atoms with Crippen LogP contribution < -0.4 is 5.32 Å². The first-order valence-corrected chi connectivity index (χ1v) is 7.83. The predicted octanol–water partition coefficient (Wildman–Crippen LogP) is 5.49. The van der Waals surface area contributed by atoms with Crippen LogP contribution >= 0.6 is 11.6 Å². The highest BCUT2D eigenvalue weighted by molar-refractivity contribution is 6.31. The van der Waals surface area contributed by atoms with Crippen LogP contribution in [0.2, 0.25) is 5.02 Å². The molecule has 21 heavy (non-hydrogen) atoms. The van der Waals surface area contributed by atoms with Gasteiger partial charge in [-0.25, -0.2) is 0 Å². The summed E-state index contributed by atoms with van der Waals surface area (Å²) in [5, 5.41) is 4.35. The van der Waals surface area contributed by atoms with E-state index in [1.54, 1.807) is 0 Å². The van der Waals surface area contributed by atoms with E-state index in [9.17, 15) is 0 Å². The third-order valence-electron chi connectivity index (χ3n) is 3.80. The van der Waals surface area contributed by atoms with Crippen LogP contribution in [0, 0.1) is 0 Å². The number of benzene rings is 2. The van der Waals surface area contributed by atoms with Crippen LogP contribution in [0.1, 0.15) is 50.4 Å². The number of hydrogen-bond donors (Lipinski definition) is 1. The standard InChI is InChI=1S/C19H24ClN/c1-14(17-7-5-6-8-18(17)20)21-13-15-9-11-16(12-10-15)19(2,3)4/h5-12,14,21H,13H2,1-4H3. The van der Waals surface area contributed by atoms with E-state index in [1.165, 1.54) is 11.1 Å². The molecule has 0 heterocycles. The van der Waals surface area contributed by atoms with Gasteiger partial charge in [-0.2, -0.15) is 0 Å². The Morgan fingerprint density at radius 2 is 1.62 bits per heavy atom. The molecule has 2 rings (SSSR count). The lowest BCUT2D eigenvalue weighted by Crippen LogP contribution is -2.18. The summed E-state index contributed by atoms with van der Waals surface area (Å²) in [6.07, 6.45) is 0. The van der Waals surface area contributed by atoms with Crippen LogP contribution in [-0.4, -0.2) is 0 Å². The Labute approximate surface area is 133 Å². The van der Waals surface area contributed by atoms with Crippen molar-refractivity contribution in [2.75, 3.05) is 0 Å². The molecule has 2 aromatic rings. The fourth-order valence-electron chi connectivity index (χ4n) is 2.33. The second kappa shape index (κ2) is 6.64. The van der Waals surface area contributed by atoms with Gasteiger partial charge in [0.1, 0.15) is 0 Å². The van der Waals surface area contributed by atoms with E-state index in [0.29, 0.717) is 0 Å². The minimum absolute atomic E-state index is 0.205. The van der Waals surface area contributed by atoms with Crippen molar-refractivity contribution in [1.29, 1.82) is 0 Å². The number of nitrogens with one attached hydrogen (secondary N) is 1. The first kappa shape index (κ1) is 16.1. The van der Waals surface area contributed by atoms with E-state index in [-0.39, 0.29) is 11.5 Å². The van der Waals surface area contributed by atoms with Gasteiger partial charge in [0.25, 0.3) is 0 Å². The Hall–Kier alpha value is -1.31. The quantitative estimate of drug-likeness (QED) is 0.787. The molecule has 0 bridgehead atoms. The number of hydrogen-bond acceptors (Lipinski definition) is 1. The Morgan fingerprint density at radius 1 is 1.00 bits per heavy atom. The molecule has 0 fully saturated rings. The van der Waals surface area contributed by atoms with Gasteiger partial charge in [0.2, 0.25) is 0 Å². The van der Waals surface area contributed by atoms with Crippen molar-refractivity contribution in [2.45, 2.75) is 45.7 Å². The summed E-state index contributed by atoms with van der Waals surface area (Å²) < 4.78 is 0. The minimum Gasteiger partial charge on any atom is -0.306 e. The molecule has 2 heteroatoms. The summed E-state index contributed by atoms with van der Waals surface area (Å²) in [5.41, 5.74) is 4.01. The average Bonchev–Trinajstić information content (AvgIpc) is 2.45. The van der Waals surface area contributed by atoms with Crippen molar-refractivity contribution >= 4 is 11.6 Å². The zero-order chi connectivity index (χ0) is 15.5. The molecule has 0 spiro atoms. The molecule has 1 unspecified atom stereocenters. The summed E-state index contributed by atoms with van der Waals surface area (Å²) >= 11 is 6.23. The van der Waals surface area contributed by atoms with Gasteiger partial charge in [-0.15, -0.1) is 0 Å². The van der Waals surface area contributed by atoms with Gasteiger partial charge >= 0.3 is 0 Å². The zero-order valence-corrected chi connectivity index (χ0v) is 14.0. The van der Waals surface area contributed by atoms with Gasteiger partial charge in [0, 0.05) is 17.6 Å². The molecule has 2 aromatic carbocycles. The molecule has 1 nitrogen and oxygen atoms in total. The van der Waals surface area contributed by atoms with Crippen LogP contribution in [0.25, 0.3) is 0 Å². The summed E-state index contributed by atoms with van der Waals surface area (Å²) in [6, 6.07) is 17.1. The van der Waals surface area contributed by atoms with Gasteiger partial charge in [-0.1, -0.05) is 74.8 Å². The molecule has 112 valence electrons. The highest BCUT2D eigenvalue weighted by Gasteiger charge is 2.13. The van der Waals surface area contributed by atoms with E-state index in [2.05, 4.69) is 63.3 Å². The van der Waals surface area contributed by atoms with Gasteiger partial charge in [0.05, 0.1) is 0 Å². The molecular formula is C19H24ClN. The highest BCUT2D eigenvalue weighted by Crippen LogP contribution is 2.24. The molecule has 0 aliphatic heterocycles. The Morgan fingerprint density at radius 3 is 2.19 bits per heavy atom. The van der Waals surface area contributed by atoms with Crippen molar-refractivity contribution < 1.29 is 0 Å². The van der Waals surface area contributed by atoms with Gasteiger partial charge < -0.3 is 5.32 Å². The molecule has 0 aliphatic rings. The van der Waals surface area contributed by atoms with E-state index >= 15 is 0 Å². The first-order chi connectivity index (χ1) is 9.88. The summed E-state index contributed by atoms with van der Waals surface area (Å²) in [5.74, 6) is 0. The monoisotopic (exact) mass is 301 g/mol. The molecule has 1 atom stereocenters. The smallest absolute Gasteiger partial charge is 0.0453 e. The third kappa shape index (κ3) is 4.33. The minimum atomic E-state index is 0.205. The summed E-state index contributed by atoms with van der Waals surface area (Å²) in [4.78, 5) is 0. The van der Waals surface area contributed by atoms with Crippen LogP contribution in [0.5, 0.6) is 0 Å². The Kier molecular flexibility index (Phi) is 5.08. The number of halogens is 1. The zero-order valence-electron chi connectivity index (χ0n) is 13.3. The molecule has 0 aliphatic carbocycles. The molecular weight excluding hydrogens is 278 g/mol. The fourth-order valence-corrected chi connectivity index (χ4v) is 2.63. The molecule has 0 saturated carbocycles. The lowest BCUT2D eigenvalue weighted by Gasteiger charge is -2.20. The van der Waals surface area contributed by atoms with Crippen molar-refractivity contribution in [2.24, 2.45) is 0 Å². The van der Waals surface area contributed by atoms with E-state index in [0.717, 1.165) is 17.1 Å². The predicted molar refractivity (Wildman–Crippen MR) is 91.8 cm³/mol. The second-order valence-electron chi connectivity index (χ2n) is 6.57. The van der Waals surface area contributed by atoms with Gasteiger partial charge in [-0.05, 0) is 35.1 Å². The lowest BCUT2D eigenvalue weighted by molar-refractivity contribution is 0.572. The first-order valence-electron chi connectivity index (χ1n) is 7.45. The highest BCUT2D eigenvalue weighted by atomic mass is 35.5. The lowest BCUT2D eigenvalue weighted by atomic mass is 9.87. The molecule has 1 N–H and O–H groups in total. The Bertz CT molecular complexity index is 581. The van der Waals surface area contributed by atoms with E-state index < -0.39 is 0 Å². The van der Waals surface area contributed by atoms with Crippen molar-refractivity contribution in [3.05, 3.63) is 70.2 Å². The fraction of sp³-hybridized carbons (Fsp3) is 0.368. The van der Waals surface area contributed by atoms with Crippen molar-refractivity contribution in [1.82, 2.24) is 5.32 Å². The van der Waals surface area contributed by atoms with E-state index in [4.69, 9.17) is 11.6 Å². The maximum absolute atomic E-state index is 6.23. The van der Waals surface area contributed by atoms with Crippen molar-refractivity contribution in [3.8, 4) is 0 Å².